The quantitative estimate of drug-likeness (QED) is 0.617. The molecule has 2 rings (SSSR count). The largest absolute Gasteiger partial charge is 0.368 e. The number of hydrogen-bond acceptors (Lipinski definition) is 3. The smallest absolute Gasteiger partial charge is 0.201 e. The van der Waals surface area contributed by atoms with E-state index in [1.807, 2.05) is 0 Å². The van der Waals surface area contributed by atoms with Crippen molar-refractivity contribution < 1.29 is 4.84 Å². The molecule has 2 aliphatic heterocycles. The molecule has 1 atom stereocenters. The van der Waals surface area contributed by atoms with Crippen LogP contribution in [0.4, 0.5) is 0 Å². The Morgan fingerprint density at radius 1 is 1.69 bits per heavy atom. The summed E-state index contributed by atoms with van der Waals surface area (Å²) in [5, 5.41) is 4.14. The fourth-order valence-corrected chi connectivity index (χ4v) is 1.97. The molecule has 3 heteroatoms. The number of amidine groups is 1. The minimum absolute atomic E-state index is 0.185. The predicted octanol–water partition coefficient (Wildman–Crippen LogP) is 2.11. The van der Waals surface area contributed by atoms with E-state index in [9.17, 15) is 0 Å². The number of oxime groups is 1. The average Bonchev–Trinajstić information content (AvgIpc) is 2.60. The molecule has 1 unspecified atom stereocenters. The van der Waals surface area contributed by atoms with Crippen molar-refractivity contribution in [1.82, 2.24) is 4.90 Å². The molecule has 0 aliphatic carbocycles. The van der Waals surface area contributed by atoms with Gasteiger partial charge in [-0.15, -0.1) is 0 Å². The molecule has 0 bridgehead atoms. The lowest BCUT2D eigenvalue weighted by Gasteiger charge is -2.29. The standard InChI is InChI=1S/C10H16N2O/c1-3-8-6-5-7-12-9(4-2)13-11-10(8)12/h3,9H,4-7H2,1-2H3/b8-3+. The molecule has 13 heavy (non-hydrogen) atoms. The first-order chi connectivity index (χ1) is 6.36. The Kier molecular flexibility index (Phi) is 2.25. The maximum Gasteiger partial charge on any atom is 0.201 e. The number of piperidine rings is 1. The minimum Gasteiger partial charge on any atom is -0.368 e. The summed E-state index contributed by atoms with van der Waals surface area (Å²) < 4.78 is 0. The van der Waals surface area contributed by atoms with Gasteiger partial charge in [0.15, 0.2) is 5.84 Å². The maximum absolute atomic E-state index is 5.35. The van der Waals surface area contributed by atoms with Crippen molar-refractivity contribution in [3.63, 3.8) is 0 Å². The Morgan fingerprint density at radius 2 is 2.54 bits per heavy atom. The normalized spacial score (nSPS) is 30.0. The SMILES string of the molecule is C/C=C1\CCCN2C1=NOC2CC. The molecule has 0 radical (unpaired) electrons. The first-order valence-electron chi connectivity index (χ1n) is 5.02. The summed E-state index contributed by atoms with van der Waals surface area (Å²) in [6.45, 7) is 5.29. The highest BCUT2D eigenvalue weighted by molar-refractivity contribution is 5.99. The molecule has 2 heterocycles. The minimum atomic E-state index is 0.185. The summed E-state index contributed by atoms with van der Waals surface area (Å²) in [5.74, 6) is 1.07. The van der Waals surface area contributed by atoms with Crippen LogP contribution in [0.2, 0.25) is 0 Å². The second kappa shape index (κ2) is 3.40. The third-order valence-corrected chi connectivity index (χ3v) is 2.71. The van der Waals surface area contributed by atoms with Gasteiger partial charge in [-0.3, -0.25) is 0 Å². The van der Waals surface area contributed by atoms with Crippen LogP contribution in [0.25, 0.3) is 0 Å². The molecule has 0 N–H and O–H groups in total. The molecule has 1 saturated heterocycles. The number of nitrogens with zero attached hydrogens (tertiary/aromatic N) is 2. The lowest BCUT2D eigenvalue weighted by Crippen LogP contribution is -2.40. The summed E-state index contributed by atoms with van der Waals surface area (Å²) in [6, 6.07) is 0. The number of allylic oxidation sites excluding steroid dienone is 1. The van der Waals surface area contributed by atoms with Crippen molar-refractivity contribution in [2.24, 2.45) is 5.16 Å². The van der Waals surface area contributed by atoms with Crippen LogP contribution in [0.5, 0.6) is 0 Å². The van der Waals surface area contributed by atoms with E-state index in [0.29, 0.717) is 0 Å². The van der Waals surface area contributed by atoms with Crippen LogP contribution < -0.4 is 0 Å². The lowest BCUT2D eigenvalue weighted by atomic mass is 10.0. The van der Waals surface area contributed by atoms with Gasteiger partial charge in [-0.1, -0.05) is 18.2 Å². The van der Waals surface area contributed by atoms with Gasteiger partial charge in [0.25, 0.3) is 0 Å². The van der Waals surface area contributed by atoms with Crippen LogP contribution in [-0.4, -0.2) is 23.5 Å². The summed E-state index contributed by atoms with van der Waals surface area (Å²) in [4.78, 5) is 7.63. The van der Waals surface area contributed by atoms with Gasteiger partial charge >= 0.3 is 0 Å². The molecule has 0 aromatic rings. The summed E-state index contributed by atoms with van der Waals surface area (Å²) >= 11 is 0. The topological polar surface area (TPSA) is 24.8 Å². The van der Waals surface area contributed by atoms with Gasteiger partial charge in [-0.2, -0.15) is 0 Å². The van der Waals surface area contributed by atoms with Gasteiger partial charge in [0.2, 0.25) is 6.23 Å². The molecule has 0 aromatic carbocycles. The van der Waals surface area contributed by atoms with E-state index in [-0.39, 0.29) is 6.23 Å². The zero-order chi connectivity index (χ0) is 9.26. The van der Waals surface area contributed by atoms with Gasteiger partial charge in [-0.05, 0) is 25.3 Å². The summed E-state index contributed by atoms with van der Waals surface area (Å²) in [6.07, 6.45) is 5.70. The number of rotatable bonds is 1. The van der Waals surface area contributed by atoms with E-state index in [0.717, 1.165) is 25.2 Å². The first kappa shape index (κ1) is 8.60. The molecule has 0 saturated carbocycles. The number of hydrogen-bond donors (Lipinski definition) is 0. The van der Waals surface area contributed by atoms with Crippen molar-refractivity contribution in [2.45, 2.75) is 39.3 Å². The third kappa shape index (κ3) is 1.32. The molecule has 0 aromatic heterocycles. The molecular weight excluding hydrogens is 164 g/mol. The number of fused-ring (bicyclic) bond motifs is 1. The first-order valence-corrected chi connectivity index (χ1v) is 5.02. The second-order valence-corrected chi connectivity index (χ2v) is 3.49. The van der Waals surface area contributed by atoms with Crippen LogP contribution in [0.15, 0.2) is 16.8 Å². The molecule has 0 amide bonds. The van der Waals surface area contributed by atoms with E-state index in [2.05, 4.69) is 30.0 Å². The molecule has 0 spiro atoms. The Balaban J connectivity index is 2.19. The molecule has 2 aliphatic rings. The van der Waals surface area contributed by atoms with Crippen molar-refractivity contribution in [2.75, 3.05) is 6.54 Å². The average molecular weight is 180 g/mol. The van der Waals surface area contributed by atoms with Gasteiger partial charge < -0.3 is 9.74 Å². The fourth-order valence-electron chi connectivity index (χ4n) is 1.97. The van der Waals surface area contributed by atoms with Crippen molar-refractivity contribution in [3.8, 4) is 0 Å². The van der Waals surface area contributed by atoms with E-state index in [4.69, 9.17) is 4.84 Å². The van der Waals surface area contributed by atoms with Crippen LogP contribution in [0.1, 0.15) is 33.1 Å². The van der Waals surface area contributed by atoms with Crippen molar-refractivity contribution in [1.29, 1.82) is 0 Å². The summed E-state index contributed by atoms with van der Waals surface area (Å²) in [5.41, 5.74) is 1.34. The molecular formula is C10H16N2O. The van der Waals surface area contributed by atoms with Crippen LogP contribution in [0.3, 0.4) is 0 Å². The lowest BCUT2D eigenvalue weighted by molar-refractivity contribution is 0.00724. The third-order valence-electron chi connectivity index (χ3n) is 2.71. The Morgan fingerprint density at radius 3 is 3.23 bits per heavy atom. The highest BCUT2D eigenvalue weighted by Gasteiger charge is 2.32. The van der Waals surface area contributed by atoms with Gasteiger partial charge in [0, 0.05) is 13.0 Å². The molecule has 1 fully saturated rings. The van der Waals surface area contributed by atoms with Crippen LogP contribution in [0, 0.1) is 0 Å². The zero-order valence-corrected chi connectivity index (χ0v) is 8.29. The van der Waals surface area contributed by atoms with E-state index in [1.165, 1.54) is 12.0 Å². The maximum atomic E-state index is 5.35. The van der Waals surface area contributed by atoms with Crippen molar-refractivity contribution in [3.05, 3.63) is 11.6 Å². The fraction of sp³-hybridized carbons (Fsp3) is 0.700. The van der Waals surface area contributed by atoms with Gasteiger partial charge in [0.1, 0.15) is 0 Å². The predicted molar refractivity (Wildman–Crippen MR) is 52.3 cm³/mol. The van der Waals surface area contributed by atoms with E-state index < -0.39 is 0 Å². The van der Waals surface area contributed by atoms with Crippen molar-refractivity contribution >= 4 is 5.84 Å². The van der Waals surface area contributed by atoms with Crippen LogP contribution >= 0.6 is 0 Å². The Bertz CT molecular complexity index is 258. The zero-order valence-electron chi connectivity index (χ0n) is 8.29. The van der Waals surface area contributed by atoms with E-state index in [1.54, 1.807) is 0 Å². The van der Waals surface area contributed by atoms with Gasteiger partial charge in [-0.25, -0.2) is 0 Å². The Hall–Kier alpha value is -0.990. The highest BCUT2D eigenvalue weighted by atomic mass is 16.7. The van der Waals surface area contributed by atoms with E-state index >= 15 is 0 Å². The second-order valence-electron chi connectivity index (χ2n) is 3.49. The molecule has 3 nitrogen and oxygen atoms in total. The molecule has 72 valence electrons. The monoisotopic (exact) mass is 180 g/mol. The summed E-state index contributed by atoms with van der Waals surface area (Å²) in [7, 11) is 0. The van der Waals surface area contributed by atoms with Crippen LogP contribution in [-0.2, 0) is 4.84 Å². The highest BCUT2D eigenvalue weighted by Crippen LogP contribution is 2.26. The van der Waals surface area contributed by atoms with Gasteiger partial charge in [0.05, 0.1) is 0 Å². The Labute approximate surface area is 79.0 Å².